The first kappa shape index (κ1) is 30.5. The summed E-state index contributed by atoms with van der Waals surface area (Å²) in [5.74, 6) is 1.78. The minimum Gasteiger partial charge on any atom is -0.456 e. The lowest BCUT2D eigenvalue weighted by atomic mass is 9.92. The van der Waals surface area contributed by atoms with Crippen molar-refractivity contribution in [2.45, 2.75) is 0 Å². The molecule has 0 aliphatic rings. The molecule has 13 rings (SSSR count). The monoisotopic (exact) mass is 727 g/mol. The second-order valence-corrected chi connectivity index (χ2v) is 14.8. The predicted molar refractivity (Wildman–Crippen MR) is 233 cm³/mol. The Morgan fingerprint density at radius 1 is 0.333 bits per heavy atom. The lowest BCUT2D eigenvalue weighted by Gasteiger charge is -2.13. The van der Waals surface area contributed by atoms with E-state index in [0.717, 1.165) is 66.2 Å². The summed E-state index contributed by atoms with van der Waals surface area (Å²) in [7, 11) is 0. The highest BCUT2D eigenvalue weighted by Crippen LogP contribution is 2.47. The van der Waals surface area contributed by atoms with Crippen LogP contribution in [0.5, 0.6) is 0 Å². The Morgan fingerprint density at radius 2 is 0.877 bits per heavy atom. The molecule has 0 aliphatic heterocycles. The Hall–Kier alpha value is -7.83. The fourth-order valence-corrected chi connectivity index (χ4v) is 9.37. The van der Waals surface area contributed by atoms with E-state index in [4.69, 9.17) is 19.4 Å². The molecule has 264 valence electrons. The molecule has 0 spiro atoms. The average molecular weight is 728 g/mol. The maximum Gasteiger partial charge on any atom is 0.238 e. The number of hydrogen-bond donors (Lipinski definition) is 0. The average Bonchev–Trinajstić information content (AvgIpc) is 3.94. The molecule has 0 fully saturated rings. The second kappa shape index (κ2) is 11.4. The van der Waals surface area contributed by atoms with E-state index in [9.17, 15) is 0 Å². The topological polar surface area (TPSA) is 61.7 Å². The number of hydrogen-bond acceptors (Lipinski definition) is 4. The number of fused-ring (bicyclic) bond motifs is 10. The molecule has 9 aromatic carbocycles. The normalized spacial score (nSPS) is 12.2. The molecule has 0 amide bonds. The van der Waals surface area contributed by atoms with E-state index in [2.05, 4.69) is 167 Å². The van der Waals surface area contributed by atoms with Gasteiger partial charge in [0, 0.05) is 54.5 Å². The second-order valence-electron chi connectivity index (χ2n) is 14.8. The van der Waals surface area contributed by atoms with Gasteiger partial charge in [-0.15, -0.1) is 0 Å². The van der Waals surface area contributed by atoms with Gasteiger partial charge in [0.05, 0.1) is 22.1 Å². The summed E-state index contributed by atoms with van der Waals surface area (Å²) in [4.78, 5) is 15.8. The smallest absolute Gasteiger partial charge is 0.238 e. The van der Waals surface area contributed by atoms with Crippen LogP contribution in [0.1, 0.15) is 0 Å². The number of para-hydroxylation sites is 3. The zero-order valence-corrected chi connectivity index (χ0v) is 30.4. The Labute approximate surface area is 324 Å². The van der Waals surface area contributed by atoms with Crippen LogP contribution in [0.15, 0.2) is 180 Å². The van der Waals surface area contributed by atoms with E-state index >= 15 is 0 Å². The summed E-state index contributed by atoms with van der Waals surface area (Å²) in [6.07, 6.45) is 0. The molecule has 4 heterocycles. The Balaban J connectivity index is 1.10. The lowest BCUT2D eigenvalue weighted by Crippen LogP contribution is -2.06. The molecule has 0 aliphatic carbocycles. The van der Waals surface area contributed by atoms with Crippen molar-refractivity contribution in [3.63, 3.8) is 0 Å². The Bertz CT molecular complexity index is 3710. The molecule has 0 saturated carbocycles. The van der Waals surface area contributed by atoms with Gasteiger partial charge < -0.3 is 8.98 Å². The van der Waals surface area contributed by atoms with Crippen LogP contribution in [-0.4, -0.2) is 24.1 Å². The fourth-order valence-electron chi connectivity index (χ4n) is 9.37. The van der Waals surface area contributed by atoms with Crippen LogP contribution in [0.4, 0.5) is 0 Å². The number of aromatic nitrogens is 5. The molecule has 0 atom stereocenters. The zero-order chi connectivity index (χ0) is 37.2. The van der Waals surface area contributed by atoms with Gasteiger partial charge in [-0.1, -0.05) is 127 Å². The van der Waals surface area contributed by atoms with E-state index in [1.807, 2.05) is 18.2 Å². The van der Waals surface area contributed by atoms with Crippen LogP contribution >= 0.6 is 0 Å². The molecule has 4 aromatic heterocycles. The van der Waals surface area contributed by atoms with E-state index < -0.39 is 0 Å². The molecule has 6 heteroatoms. The fraction of sp³-hybridized carbons (Fsp3) is 0. The molecular weight excluding hydrogens is 699 g/mol. The summed E-state index contributed by atoms with van der Waals surface area (Å²) in [6.45, 7) is 0. The Kier molecular flexibility index (Phi) is 6.07. The highest BCUT2D eigenvalue weighted by atomic mass is 16.3. The van der Waals surface area contributed by atoms with Gasteiger partial charge in [-0.2, -0.15) is 9.97 Å². The van der Waals surface area contributed by atoms with E-state index in [1.165, 1.54) is 37.7 Å². The first-order valence-electron chi connectivity index (χ1n) is 19.2. The van der Waals surface area contributed by atoms with Crippen LogP contribution in [0.2, 0.25) is 0 Å². The van der Waals surface area contributed by atoms with Crippen molar-refractivity contribution in [1.82, 2.24) is 24.1 Å². The lowest BCUT2D eigenvalue weighted by molar-refractivity contribution is 0.669. The maximum absolute atomic E-state index is 6.41. The van der Waals surface area contributed by atoms with Crippen molar-refractivity contribution >= 4 is 87.1 Å². The summed E-state index contributed by atoms with van der Waals surface area (Å²) < 4.78 is 11.0. The summed E-state index contributed by atoms with van der Waals surface area (Å²) in [5, 5.41) is 11.8. The van der Waals surface area contributed by atoms with Crippen LogP contribution in [0.3, 0.4) is 0 Å². The molecule has 57 heavy (non-hydrogen) atoms. The highest BCUT2D eigenvalue weighted by molar-refractivity contribution is 6.39. The predicted octanol–water partition coefficient (Wildman–Crippen LogP) is 13.0. The van der Waals surface area contributed by atoms with Crippen LogP contribution in [0, 0.1) is 0 Å². The molecule has 0 unspecified atom stereocenters. The standard InChI is InChI=1S/C51H29N5O/c1-2-13-30(14-3-1)49-52-50(31-15-10-16-32(29-31)55-39-22-7-4-17-33(39)34-18-5-8-23-40(34)55)54-51(53-49)56-41-24-9-6-19-37(41)46-42(56)28-27-36-35-20-11-25-43-47(35)48-38(45(36)46)21-12-26-44(48)57-43/h1-29H. The van der Waals surface area contributed by atoms with Gasteiger partial charge >= 0.3 is 0 Å². The van der Waals surface area contributed by atoms with Crippen molar-refractivity contribution in [2.75, 3.05) is 0 Å². The van der Waals surface area contributed by atoms with Crippen molar-refractivity contribution in [3.05, 3.63) is 176 Å². The zero-order valence-electron chi connectivity index (χ0n) is 30.4. The summed E-state index contributed by atoms with van der Waals surface area (Å²) in [5.41, 5.74) is 9.04. The molecule has 0 N–H and O–H groups in total. The Morgan fingerprint density at radius 3 is 1.61 bits per heavy atom. The van der Waals surface area contributed by atoms with Crippen molar-refractivity contribution in [3.8, 4) is 34.4 Å². The highest BCUT2D eigenvalue weighted by Gasteiger charge is 2.23. The molecular formula is C51H29N5O. The van der Waals surface area contributed by atoms with Gasteiger partial charge in [0.1, 0.15) is 11.2 Å². The summed E-state index contributed by atoms with van der Waals surface area (Å²) >= 11 is 0. The molecule has 6 nitrogen and oxygen atoms in total. The quantitative estimate of drug-likeness (QED) is 0.169. The third-order valence-electron chi connectivity index (χ3n) is 11.7. The van der Waals surface area contributed by atoms with Crippen molar-refractivity contribution in [2.24, 2.45) is 0 Å². The number of rotatable bonds is 4. The number of nitrogens with zero attached hydrogens (tertiary/aromatic N) is 5. The van der Waals surface area contributed by atoms with Gasteiger partial charge in [-0.05, 0) is 64.7 Å². The minimum absolute atomic E-state index is 0.562. The van der Waals surface area contributed by atoms with E-state index in [1.54, 1.807) is 0 Å². The summed E-state index contributed by atoms with van der Waals surface area (Å²) in [6, 6.07) is 61.8. The van der Waals surface area contributed by atoms with Gasteiger partial charge in [0.15, 0.2) is 11.6 Å². The van der Waals surface area contributed by atoms with Crippen LogP contribution < -0.4 is 0 Å². The van der Waals surface area contributed by atoms with Crippen LogP contribution in [0.25, 0.3) is 122 Å². The van der Waals surface area contributed by atoms with Gasteiger partial charge in [-0.25, -0.2) is 4.98 Å². The van der Waals surface area contributed by atoms with Crippen molar-refractivity contribution in [1.29, 1.82) is 0 Å². The first-order chi connectivity index (χ1) is 28.3. The van der Waals surface area contributed by atoms with Gasteiger partial charge in [-0.3, -0.25) is 4.57 Å². The number of benzene rings is 9. The van der Waals surface area contributed by atoms with Gasteiger partial charge in [0.25, 0.3) is 0 Å². The van der Waals surface area contributed by atoms with E-state index in [0.29, 0.717) is 17.6 Å². The van der Waals surface area contributed by atoms with Gasteiger partial charge in [0.2, 0.25) is 5.95 Å². The van der Waals surface area contributed by atoms with Crippen LogP contribution in [-0.2, 0) is 0 Å². The first-order valence-corrected chi connectivity index (χ1v) is 19.2. The molecule has 0 radical (unpaired) electrons. The largest absolute Gasteiger partial charge is 0.456 e. The minimum atomic E-state index is 0.562. The maximum atomic E-state index is 6.41. The number of furan rings is 1. The third-order valence-corrected chi connectivity index (χ3v) is 11.7. The third kappa shape index (κ3) is 4.21. The SMILES string of the molecule is c1ccc(-c2nc(-c3cccc(-n4c5ccccc5c5ccccc54)c3)nc(-n3c4ccccc4c4c5c(ccc43)c3cccc4oc6cccc5c6c43)n2)cc1. The molecule has 0 saturated heterocycles. The van der Waals surface area contributed by atoms with E-state index in [-0.39, 0.29) is 0 Å². The molecule has 0 bridgehead atoms. The molecule has 13 aromatic rings. The van der Waals surface area contributed by atoms with Crippen molar-refractivity contribution < 1.29 is 4.42 Å².